The minimum atomic E-state index is -3.99. The highest BCUT2D eigenvalue weighted by molar-refractivity contribution is 7.89. The van der Waals surface area contributed by atoms with Crippen molar-refractivity contribution in [2.45, 2.75) is 63.2 Å². The molecule has 3 aromatic rings. The van der Waals surface area contributed by atoms with Crippen molar-refractivity contribution in [1.82, 2.24) is 24.9 Å². The van der Waals surface area contributed by atoms with Gasteiger partial charge in [-0.05, 0) is 56.4 Å². The molecule has 3 unspecified atom stereocenters. The molecule has 0 bridgehead atoms. The fourth-order valence-corrected chi connectivity index (χ4v) is 5.97. The second kappa shape index (κ2) is 11.4. The summed E-state index contributed by atoms with van der Waals surface area (Å²) >= 11 is 0. The Morgan fingerprint density at radius 1 is 1.13 bits per heavy atom. The minimum absolute atomic E-state index is 0.0231. The molecular weight excluding hydrogens is 510 g/mol. The van der Waals surface area contributed by atoms with E-state index in [-0.39, 0.29) is 23.1 Å². The van der Waals surface area contributed by atoms with Gasteiger partial charge in [-0.15, -0.1) is 0 Å². The first-order chi connectivity index (χ1) is 18.1. The summed E-state index contributed by atoms with van der Waals surface area (Å²) in [5.74, 6) is -1.44. The molecule has 0 saturated carbocycles. The third-order valence-corrected chi connectivity index (χ3v) is 8.31. The normalized spacial score (nSPS) is 19.7. The van der Waals surface area contributed by atoms with E-state index in [1.54, 1.807) is 37.4 Å². The van der Waals surface area contributed by atoms with Gasteiger partial charge in [0.05, 0.1) is 12.6 Å². The molecule has 4 rings (SSSR count). The van der Waals surface area contributed by atoms with E-state index in [2.05, 4.69) is 20.6 Å². The lowest BCUT2D eigenvalue weighted by Gasteiger charge is -2.25. The summed E-state index contributed by atoms with van der Waals surface area (Å²) in [5, 5.41) is 5.32. The van der Waals surface area contributed by atoms with Crippen LogP contribution in [0.4, 0.5) is 0 Å². The number of carbonyl (C=O) groups excluding carboxylic acids is 3. The lowest BCUT2D eigenvalue weighted by Crippen LogP contribution is -2.52. The summed E-state index contributed by atoms with van der Waals surface area (Å²) in [4.78, 5) is 47.4. The standard InChI is InChI=1S/C26H31N5O6S/c1-16(2)13-20(30-26(34)23-14-19-22(37-23)7-6-12-27-19)25(33)29-18-10-9-17(3)31(15-21(18)32)38(35,36)24-8-4-5-11-28-24/h4-8,11-12,14,16-18,20H,9-10,13,15H2,1-3H3,(H,29,33)(H,30,34). The van der Waals surface area contributed by atoms with Crippen molar-refractivity contribution >= 4 is 38.7 Å². The molecule has 2 N–H and O–H groups in total. The van der Waals surface area contributed by atoms with Crippen molar-refractivity contribution in [2.75, 3.05) is 6.54 Å². The maximum Gasteiger partial charge on any atom is 0.287 e. The van der Waals surface area contributed by atoms with Crippen molar-refractivity contribution in [1.29, 1.82) is 0 Å². The number of furan rings is 1. The predicted molar refractivity (Wildman–Crippen MR) is 138 cm³/mol. The Labute approximate surface area is 221 Å². The lowest BCUT2D eigenvalue weighted by atomic mass is 10.0. The maximum absolute atomic E-state index is 13.3. The zero-order chi connectivity index (χ0) is 27.4. The van der Waals surface area contributed by atoms with Crippen LogP contribution >= 0.6 is 0 Å². The quantitative estimate of drug-likeness (QED) is 0.441. The van der Waals surface area contributed by atoms with Gasteiger partial charge in [-0.1, -0.05) is 19.9 Å². The molecule has 0 spiro atoms. The number of sulfonamides is 1. The third kappa shape index (κ3) is 6.08. The molecule has 1 aliphatic rings. The summed E-state index contributed by atoms with van der Waals surface area (Å²) < 4.78 is 33.0. The van der Waals surface area contributed by atoms with Crippen LogP contribution in [0, 0.1) is 5.92 Å². The van der Waals surface area contributed by atoms with E-state index >= 15 is 0 Å². The molecule has 3 aromatic heterocycles. The highest BCUT2D eigenvalue weighted by Crippen LogP contribution is 2.23. The number of carbonyl (C=O) groups is 3. The number of nitrogens with one attached hydrogen (secondary N) is 2. The first-order valence-corrected chi connectivity index (χ1v) is 13.9. The van der Waals surface area contributed by atoms with E-state index in [0.29, 0.717) is 23.9 Å². The van der Waals surface area contributed by atoms with Crippen molar-refractivity contribution in [2.24, 2.45) is 5.92 Å². The number of rotatable bonds is 8. The molecular formula is C26H31N5O6S. The lowest BCUT2D eigenvalue weighted by molar-refractivity contribution is -0.129. The molecule has 1 fully saturated rings. The molecule has 0 radical (unpaired) electrons. The molecule has 0 aliphatic carbocycles. The second-order valence-corrected chi connectivity index (χ2v) is 11.7. The third-order valence-electron chi connectivity index (χ3n) is 6.43. The van der Waals surface area contributed by atoms with Crippen molar-refractivity contribution in [3.05, 3.63) is 54.6 Å². The number of Topliss-reactive ketones (excluding diaryl/α,β-unsaturated/α-hetero) is 1. The number of amides is 2. The Kier molecular flexibility index (Phi) is 8.22. The van der Waals surface area contributed by atoms with Gasteiger partial charge in [0, 0.05) is 24.5 Å². The fourth-order valence-electron chi connectivity index (χ4n) is 4.41. The summed E-state index contributed by atoms with van der Waals surface area (Å²) in [5.41, 5.74) is 0.969. The van der Waals surface area contributed by atoms with Crippen LogP contribution in [-0.4, -0.2) is 65.0 Å². The predicted octanol–water partition coefficient (Wildman–Crippen LogP) is 2.29. The molecule has 2 amide bonds. The monoisotopic (exact) mass is 541 g/mol. The number of hydrogen-bond donors (Lipinski definition) is 2. The van der Waals surface area contributed by atoms with Crippen molar-refractivity contribution in [3.63, 3.8) is 0 Å². The zero-order valence-corrected chi connectivity index (χ0v) is 22.3. The number of nitrogens with zero attached hydrogens (tertiary/aromatic N) is 3. The average Bonchev–Trinajstić information content (AvgIpc) is 3.27. The summed E-state index contributed by atoms with van der Waals surface area (Å²) in [6, 6.07) is 7.15. The van der Waals surface area contributed by atoms with Crippen LogP contribution in [0.2, 0.25) is 0 Å². The molecule has 12 heteroatoms. The molecule has 3 atom stereocenters. The summed E-state index contributed by atoms with van der Waals surface area (Å²) in [7, 11) is -3.99. The van der Waals surface area contributed by atoms with Crippen LogP contribution in [0.25, 0.3) is 11.1 Å². The number of aromatic nitrogens is 2. The highest BCUT2D eigenvalue weighted by atomic mass is 32.2. The highest BCUT2D eigenvalue weighted by Gasteiger charge is 2.38. The smallest absolute Gasteiger partial charge is 0.287 e. The number of pyridine rings is 2. The summed E-state index contributed by atoms with van der Waals surface area (Å²) in [6.07, 6.45) is 3.91. The summed E-state index contributed by atoms with van der Waals surface area (Å²) in [6.45, 7) is 5.16. The van der Waals surface area contributed by atoms with Crippen LogP contribution < -0.4 is 10.6 Å². The molecule has 4 heterocycles. The van der Waals surface area contributed by atoms with Crippen LogP contribution in [0.3, 0.4) is 0 Å². The largest absolute Gasteiger partial charge is 0.449 e. The van der Waals surface area contributed by atoms with E-state index < -0.39 is 52.3 Å². The minimum Gasteiger partial charge on any atom is -0.449 e. The van der Waals surface area contributed by atoms with Crippen molar-refractivity contribution in [3.8, 4) is 0 Å². The van der Waals surface area contributed by atoms with E-state index in [9.17, 15) is 22.8 Å². The van der Waals surface area contributed by atoms with E-state index in [1.807, 2.05) is 13.8 Å². The average molecular weight is 542 g/mol. The molecule has 38 heavy (non-hydrogen) atoms. The van der Waals surface area contributed by atoms with Crippen LogP contribution in [0.15, 0.2) is 58.2 Å². The fraction of sp³-hybridized carbons (Fsp3) is 0.423. The van der Waals surface area contributed by atoms with Gasteiger partial charge in [0.2, 0.25) is 5.91 Å². The number of hydrogen-bond acceptors (Lipinski definition) is 8. The van der Waals surface area contributed by atoms with Gasteiger partial charge in [-0.25, -0.2) is 13.4 Å². The van der Waals surface area contributed by atoms with E-state index in [1.165, 1.54) is 18.3 Å². The zero-order valence-electron chi connectivity index (χ0n) is 21.5. The maximum atomic E-state index is 13.3. The molecule has 1 aliphatic heterocycles. The van der Waals surface area contributed by atoms with Crippen LogP contribution in [-0.2, 0) is 19.6 Å². The second-order valence-electron chi connectivity index (χ2n) is 9.83. The Morgan fingerprint density at radius 3 is 2.58 bits per heavy atom. The van der Waals surface area contributed by atoms with Gasteiger partial charge in [-0.2, -0.15) is 4.31 Å². The molecule has 0 aromatic carbocycles. The number of ketones is 1. The van der Waals surface area contributed by atoms with E-state index in [4.69, 9.17) is 4.42 Å². The SMILES string of the molecule is CC(C)CC(NC(=O)c1cc2ncccc2o1)C(=O)NC1CCC(C)N(S(=O)(=O)c2ccccn2)CC1=O. The number of fused-ring (bicyclic) bond motifs is 1. The Hall–Kier alpha value is -3.64. The topological polar surface area (TPSA) is 152 Å². The Bertz CT molecular complexity index is 1390. The van der Waals surface area contributed by atoms with Gasteiger partial charge in [0.1, 0.15) is 11.6 Å². The Balaban J connectivity index is 1.47. The van der Waals surface area contributed by atoms with Gasteiger partial charge in [0.25, 0.3) is 15.9 Å². The van der Waals surface area contributed by atoms with Gasteiger partial charge < -0.3 is 15.1 Å². The van der Waals surface area contributed by atoms with Crippen molar-refractivity contribution < 1.29 is 27.2 Å². The molecule has 1 saturated heterocycles. The Morgan fingerprint density at radius 2 is 1.89 bits per heavy atom. The van der Waals surface area contributed by atoms with Crippen LogP contribution in [0.1, 0.15) is 50.6 Å². The van der Waals surface area contributed by atoms with Crippen LogP contribution in [0.5, 0.6) is 0 Å². The van der Waals surface area contributed by atoms with Gasteiger partial charge >= 0.3 is 0 Å². The van der Waals surface area contributed by atoms with Gasteiger partial charge in [-0.3, -0.25) is 19.4 Å². The first kappa shape index (κ1) is 27.4. The van der Waals surface area contributed by atoms with Gasteiger partial charge in [0.15, 0.2) is 22.2 Å². The molecule has 202 valence electrons. The first-order valence-electron chi connectivity index (χ1n) is 12.5. The van der Waals surface area contributed by atoms with E-state index in [0.717, 1.165) is 4.31 Å². The molecule has 11 nitrogen and oxygen atoms in total.